The number of aryl methyl sites for hydroxylation is 2. The van der Waals surface area contributed by atoms with E-state index in [1.807, 2.05) is 39.8 Å². The summed E-state index contributed by atoms with van der Waals surface area (Å²) in [5, 5.41) is 3.01. The summed E-state index contributed by atoms with van der Waals surface area (Å²) in [7, 11) is 0. The van der Waals surface area contributed by atoms with E-state index in [1.165, 1.54) is 0 Å². The number of carbonyl (C=O) groups excluding carboxylic acids is 1. The highest BCUT2D eigenvalue weighted by Gasteiger charge is 2.33. The third-order valence-electron chi connectivity index (χ3n) is 4.13. The van der Waals surface area contributed by atoms with Crippen molar-refractivity contribution in [2.45, 2.75) is 72.8 Å². The average molecular weight is 335 g/mol. The molecule has 1 aromatic carbocycles. The van der Waals surface area contributed by atoms with Gasteiger partial charge in [0.2, 0.25) is 0 Å². The van der Waals surface area contributed by atoms with Crippen LogP contribution < -0.4 is 10.1 Å². The van der Waals surface area contributed by atoms with Crippen molar-refractivity contribution >= 4 is 11.6 Å². The van der Waals surface area contributed by atoms with Crippen molar-refractivity contribution in [3.8, 4) is 5.75 Å². The Morgan fingerprint density at radius 2 is 1.75 bits per heavy atom. The lowest BCUT2D eigenvalue weighted by molar-refractivity contribution is -0.139. The molecule has 0 spiro atoms. The normalized spacial score (nSPS) is 13.4. The molecule has 1 atom stereocenters. The molecule has 0 saturated heterocycles. The summed E-state index contributed by atoms with van der Waals surface area (Å²) >= 11 is 0. The number of hydrogen-bond acceptors (Lipinski definition) is 3. The first-order chi connectivity index (χ1) is 11.4. The summed E-state index contributed by atoms with van der Waals surface area (Å²) < 4.78 is 11.6. The van der Waals surface area contributed by atoms with Gasteiger partial charge < -0.3 is 14.8 Å². The molecule has 4 heteroatoms. The van der Waals surface area contributed by atoms with Crippen LogP contribution in [0, 0.1) is 13.8 Å². The Hall–Kier alpha value is -1.55. The highest BCUT2D eigenvalue weighted by atomic mass is 16.5. The van der Waals surface area contributed by atoms with Crippen LogP contribution in [0.2, 0.25) is 0 Å². The Labute approximate surface area is 146 Å². The van der Waals surface area contributed by atoms with Gasteiger partial charge in [-0.3, -0.25) is 4.79 Å². The van der Waals surface area contributed by atoms with E-state index in [0.717, 1.165) is 48.4 Å². The smallest absolute Gasteiger partial charge is 0.256 e. The number of amides is 1. The number of hydrogen-bond donors (Lipinski definition) is 1. The first-order valence-corrected chi connectivity index (χ1v) is 9.07. The van der Waals surface area contributed by atoms with Crippen molar-refractivity contribution in [3.63, 3.8) is 0 Å². The molecule has 1 amide bonds. The number of unbranched alkanes of at least 4 members (excludes halogenated alkanes) is 1. The molecule has 1 aromatic rings. The van der Waals surface area contributed by atoms with Crippen LogP contribution in [0.3, 0.4) is 0 Å². The molecular weight excluding hydrogens is 302 g/mol. The molecular formula is C20H33NO3. The summed E-state index contributed by atoms with van der Waals surface area (Å²) in [6, 6.07) is 3.93. The minimum absolute atomic E-state index is 0.0929. The van der Waals surface area contributed by atoms with E-state index in [0.29, 0.717) is 13.0 Å². The lowest BCUT2D eigenvalue weighted by Gasteiger charge is -2.28. The van der Waals surface area contributed by atoms with Crippen molar-refractivity contribution in [1.82, 2.24) is 0 Å². The average Bonchev–Trinajstić information content (AvgIpc) is 2.50. The fraction of sp³-hybridized carbons (Fsp3) is 0.650. The van der Waals surface area contributed by atoms with Gasteiger partial charge in [0.25, 0.3) is 5.91 Å². The first-order valence-electron chi connectivity index (χ1n) is 9.07. The molecule has 136 valence electrons. The van der Waals surface area contributed by atoms with Gasteiger partial charge in [-0.25, -0.2) is 0 Å². The molecule has 24 heavy (non-hydrogen) atoms. The molecule has 0 bridgehead atoms. The minimum atomic E-state index is -0.790. The standard InChI is InChI=1S/C20H33NO3/c1-7-10-12-23-18-15(4)13-17(14-16(18)5)21-19(22)20(6,11-8-2)24-9-3/h13-14H,7-12H2,1-6H3,(H,21,22). The highest BCUT2D eigenvalue weighted by molar-refractivity contribution is 5.97. The Morgan fingerprint density at radius 3 is 2.25 bits per heavy atom. The molecule has 0 aliphatic rings. The monoisotopic (exact) mass is 335 g/mol. The van der Waals surface area contributed by atoms with E-state index >= 15 is 0 Å². The Kier molecular flexibility index (Phi) is 8.26. The van der Waals surface area contributed by atoms with E-state index in [-0.39, 0.29) is 5.91 Å². The van der Waals surface area contributed by atoms with Gasteiger partial charge in [0, 0.05) is 12.3 Å². The number of anilines is 1. The number of carbonyl (C=O) groups is 1. The second-order valence-electron chi connectivity index (χ2n) is 6.51. The summed E-state index contributed by atoms with van der Waals surface area (Å²) in [5.41, 5.74) is 2.08. The van der Waals surface area contributed by atoms with Crippen molar-refractivity contribution in [3.05, 3.63) is 23.3 Å². The maximum Gasteiger partial charge on any atom is 0.256 e. The second kappa shape index (κ2) is 9.67. The highest BCUT2D eigenvalue weighted by Crippen LogP contribution is 2.28. The van der Waals surface area contributed by atoms with E-state index in [1.54, 1.807) is 0 Å². The van der Waals surface area contributed by atoms with Crippen molar-refractivity contribution < 1.29 is 14.3 Å². The quantitative estimate of drug-likeness (QED) is 0.611. The van der Waals surface area contributed by atoms with Gasteiger partial charge >= 0.3 is 0 Å². The van der Waals surface area contributed by atoms with E-state index in [4.69, 9.17) is 9.47 Å². The molecule has 1 rings (SSSR count). The largest absolute Gasteiger partial charge is 0.493 e. The predicted octanol–water partition coefficient (Wildman–Crippen LogP) is 5.02. The number of nitrogens with one attached hydrogen (secondary N) is 1. The van der Waals surface area contributed by atoms with Gasteiger partial charge in [0.05, 0.1) is 6.61 Å². The molecule has 1 N–H and O–H groups in total. The molecule has 0 aliphatic heterocycles. The van der Waals surface area contributed by atoms with Gasteiger partial charge in [-0.05, 0) is 63.8 Å². The van der Waals surface area contributed by atoms with Crippen LogP contribution in [0.5, 0.6) is 5.75 Å². The third kappa shape index (κ3) is 5.52. The van der Waals surface area contributed by atoms with Crippen LogP contribution in [0.4, 0.5) is 5.69 Å². The van der Waals surface area contributed by atoms with Gasteiger partial charge in [-0.15, -0.1) is 0 Å². The van der Waals surface area contributed by atoms with Gasteiger partial charge in [-0.1, -0.05) is 26.7 Å². The summed E-state index contributed by atoms with van der Waals surface area (Å²) in [4.78, 5) is 12.7. The lowest BCUT2D eigenvalue weighted by Crippen LogP contribution is -2.42. The lowest BCUT2D eigenvalue weighted by atomic mass is 9.98. The van der Waals surface area contributed by atoms with Crippen molar-refractivity contribution in [1.29, 1.82) is 0 Å². The Balaban J connectivity index is 2.89. The molecule has 1 unspecified atom stereocenters. The number of benzene rings is 1. The summed E-state index contributed by atoms with van der Waals surface area (Å²) in [5.74, 6) is 0.826. The molecule has 0 fully saturated rings. The zero-order valence-electron chi connectivity index (χ0n) is 16.1. The first kappa shape index (κ1) is 20.5. The van der Waals surface area contributed by atoms with Crippen molar-refractivity contribution in [2.24, 2.45) is 0 Å². The zero-order valence-corrected chi connectivity index (χ0v) is 16.1. The van der Waals surface area contributed by atoms with Crippen molar-refractivity contribution in [2.75, 3.05) is 18.5 Å². The molecule has 0 heterocycles. The molecule has 4 nitrogen and oxygen atoms in total. The molecule has 0 radical (unpaired) electrons. The Bertz CT molecular complexity index is 511. The van der Waals surface area contributed by atoms with E-state index in [2.05, 4.69) is 19.2 Å². The SMILES string of the molecule is CCCCOc1c(C)cc(NC(=O)C(C)(CCC)OCC)cc1C. The molecule has 0 aliphatic carbocycles. The van der Waals surface area contributed by atoms with Crippen LogP contribution in [-0.2, 0) is 9.53 Å². The number of ether oxygens (including phenoxy) is 2. The van der Waals surface area contributed by atoms with Gasteiger partial charge in [0.15, 0.2) is 0 Å². The predicted molar refractivity (Wildman–Crippen MR) is 99.9 cm³/mol. The van der Waals surface area contributed by atoms with E-state index in [9.17, 15) is 4.79 Å². The molecule has 0 saturated carbocycles. The van der Waals surface area contributed by atoms with Crippen LogP contribution in [0.15, 0.2) is 12.1 Å². The van der Waals surface area contributed by atoms with Crippen LogP contribution in [-0.4, -0.2) is 24.7 Å². The molecule has 0 aromatic heterocycles. The Morgan fingerprint density at radius 1 is 1.12 bits per heavy atom. The second-order valence-corrected chi connectivity index (χ2v) is 6.51. The maximum atomic E-state index is 12.7. The zero-order chi connectivity index (χ0) is 18.2. The third-order valence-corrected chi connectivity index (χ3v) is 4.13. The van der Waals surface area contributed by atoms with Crippen LogP contribution in [0.1, 0.15) is 64.5 Å². The van der Waals surface area contributed by atoms with Crippen LogP contribution >= 0.6 is 0 Å². The maximum absolute atomic E-state index is 12.7. The van der Waals surface area contributed by atoms with Gasteiger partial charge in [-0.2, -0.15) is 0 Å². The summed E-state index contributed by atoms with van der Waals surface area (Å²) in [6.07, 6.45) is 3.75. The summed E-state index contributed by atoms with van der Waals surface area (Å²) in [6.45, 7) is 13.2. The fourth-order valence-electron chi connectivity index (χ4n) is 2.88. The topological polar surface area (TPSA) is 47.6 Å². The van der Waals surface area contributed by atoms with Crippen LogP contribution in [0.25, 0.3) is 0 Å². The van der Waals surface area contributed by atoms with Gasteiger partial charge in [0.1, 0.15) is 11.4 Å². The van der Waals surface area contributed by atoms with E-state index < -0.39 is 5.60 Å². The fourth-order valence-corrected chi connectivity index (χ4v) is 2.88. The number of rotatable bonds is 10. The minimum Gasteiger partial charge on any atom is -0.493 e.